The van der Waals surface area contributed by atoms with Crippen LogP contribution in [0.2, 0.25) is 0 Å². The third kappa shape index (κ3) is 6.59. The predicted molar refractivity (Wildman–Crippen MR) is 149 cm³/mol. The summed E-state index contributed by atoms with van der Waals surface area (Å²) in [7, 11) is 1.91. The molecule has 39 heavy (non-hydrogen) atoms. The van der Waals surface area contributed by atoms with Crippen LogP contribution in [0.1, 0.15) is 46.2 Å². The molecule has 1 unspecified atom stereocenters. The van der Waals surface area contributed by atoms with E-state index in [2.05, 4.69) is 34.1 Å². The van der Waals surface area contributed by atoms with Gasteiger partial charge in [0.05, 0.1) is 11.8 Å². The van der Waals surface area contributed by atoms with Crippen LogP contribution >= 0.6 is 0 Å². The van der Waals surface area contributed by atoms with Crippen LogP contribution in [0.15, 0.2) is 73.4 Å². The fraction of sp³-hybridized carbons (Fsp3) is 0.276. The Morgan fingerprint density at radius 2 is 1.85 bits per heavy atom. The van der Waals surface area contributed by atoms with E-state index in [9.17, 15) is 14.4 Å². The summed E-state index contributed by atoms with van der Waals surface area (Å²) < 4.78 is 5.38. The van der Waals surface area contributed by atoms with Crippen molar-refractivity contribution in [1.29, 1.82) is 0 Å². The summed E-state index contributed by atoms with van der Waals surface area (Å²) in [4.78, 5) is 47.2. The molecule has 0 bridgehead atoms. The van der Waals surface area contributed by atoms with Crippen molar-refractivity contribution in [3.63, 3.8) is 0 Å². The zero-order valence-electron chi connectivity index (χ0n) is 22.0. The Hall–Kier alpha value is -4.73. The average molecular weight is 529 g/mol. The van der Waals surface area contributed by atoms with Crippen molar-refractivity contribution in [2.45, 2.75) is 38.5 Å². The number of esters is 1. The quantitative estimate of drug-likeness (QED) is 0.268. The number of carbonyl (C=O) groups excluding carboxylic acids is 3. The molecule has 3 aromatic rings. The molecule has 1 aliphatic rings. The van der Waals surface area contributed by atoms with Crippen molar-refractivity contribution >= 4 is 35.1 Å². The smallest absolute Gasteiger partial charge is 0.338 e. The minimum Gasteiger partial charge on any atom is -0.457 e. The maximum Gasteiger partial charge on any atom is 0.338 e. The number of hydrogen-bond acceptors (Lipinski definition) is 8. The van der Waals surface area contributed by atoms with E-state index in [0.29, 0.717) is 17.1 Å². The van der Waals surface area contributed by atoms with Gasteiger partial charge in [-0.05, 0) is 54.7 Å². The summed E-state index contributed by atoms with van der Waals surface area (Å²) in [5.41, 5.74) is 7.43. The lowest BCUT2D eigenvalue weighted by atomic mass is 10.0. The lowest BCUT2D eigenvalue weighted by Crippen LogP contribution is -2.42. The van der Waals surface area contributed by atoms with E-state index in [0.717, 1.165) is 18.4 Å². The van der Waals surface area contributed by atoms with Gasteiger partial charge in [-0.15, -0.1) is 0 Å². The molecule has 1 saturated carbocycles. The number of aromatic nitrogens is 2. The number of hydrogen-bond donors (Lipinski definition) is 3. The Kier molecular flexibility index (Phi) is 8.55. The standard InChI is InChI=1S/C29H32N6O4/c1-4-25(36)33-22-14-15-23(18(22)2)35(3)24-16-31-26(27(30)37)28(34-24)32-21-12-10-20(11-13-21)29(38)39-17-19-8-6-5-7-9-19/h4-13,16,18,22-23H,1,14-15,17H2,2-3H3,(H2,30,37)(H,32,34)(H,33,36)/t18-,22?,23+/m0/s1. The van der Waals surface area contributed by atoms with Gasteiger partial charge in [-0.25, -0.2) is 14.8 Å². The number of benzene rings is 2. The molecule has 0 aliphatic heterocycles. The molecule has 10 heteroatoms. The van der Waals surface area contributed by atoms with Crippen LogP contribution in [0, 0.1) is 5.92 Å². The molecule has 1 aliphatic carbocycles. The fourth-order valence-corrected chi connectivity index (χ4v) is 4.76. The highest BCUT2D eigenvalue weighted by Gasteiger charge is 2.36. The molecule has 4 N–H and O–H groups in total. The van der Waals surface area contributed by atoms with E-state index in [1.807, 2.05) is 42.3 Å². The number of nitrogens with two attached hydrogens (primary N) is 1. The highest BCUT2D eigenvalue weighted by atomic mass is 16.5. The predicted octanol–water partition coefficient (Wildman–Crippen LogP) is 3.58. The van der Waals surface area contributed by atoms with Gasteiger partial charge in [-0.1, -0.05) is 43.8 Å². The van der Waals surface area contributed by atoms with Gasteiger partial charge in [0, 0.05) is 24.8 Å². The van der Waals surface area contributed by atoms with Gasteiger partial charge >= 0.3 is 5.97 Å². The molecule has 1 fully saturated rings. The Bertz CT molecular complexity index is 1350. The zero-order chi connectivity index (χ0) is 27.9. The van der Waals surface area contributed by atoms with Crippen LogP contribution in [0.25, 0.3) is 0 Å². The molecule has 0 radical (unpaired) electrons. The van der Waals surface area contributed by atoms with Crippen LogP contribution in [0.3, 0.4) is 0 Å². The lowest BCUT2D eigenvalue weighted by molar-refractivity contribution is -0.117. The first-order valence-corrected chi connectivity index (χ1v) is 12.7. The second kappa shape index (κ2) is 12.2. The van der Waals surface area contributed by atoms with Crippen LogP contribution in [0.4, 0.5) is 17.3 Å². The highest BCUT2D eigenvalue weighted by molar-refractivity contribution is 5.96. The maximum absolute atomic E-state index is 12.4. The number of ether oxygens (including phenoxy) is 1. The first-order chi connectivity index (χ1) is 18.8. The number of nitrogens with zero attached hydrogens (tertiary/aromatic N) is 3. The number of nitrogens with one attached hydrogen (secondary N) is 2. The van der Waals surface area contributed by atoms with Crippen LogP contribution in [-0.4, -0.2) is 46.9 Å². The third-order valence-electron chi connectivity index (χ3n) is 6.98. The summed E-state index contributed by atoms with van der Waals surface area (Å²) in [6, 6.07) is 16.2. The van der Waals surface area contributed by atoms with Crippen LogP contribution < -0.4 is 21.3 Å². The van der Waals surface area contributed by atoms with Gasteiger partial charge < -0.3 is 26.0 Å². The SMILES string of the molecule is C=CC(=O)NC1CC[C@@H](N(C)c2cnc(C(N)=O)c(Nc3ccc(C(=O)OCc4ccccc4)cc3)n2)[C@H]1C. The molecule has 4 rings (SSSR count). The van der Waals surface area contributed by atoms with E-state index < -0.39 is 11.9 Å². The van der Waals surface area contributed by atoms with Crippen LogP contribution in [0.5, 0.6) is 0 Å². The minimum atomic E-state index is -0.721. The molecule has 0 spiro atoms. The molecule has 202 valence electrons. The highest BCUT2D eigenvalue weighted by Crippen LogP contribution is 2.32. The van der Waals surface area contributed by atoms with E-state index in [1.165, 1.54) is 12.3 Å². The van der Waals surface area contributed by atoms with E-state index >= 15 is 0 Å². The van der Waals surface area contributed by atoms with Crippen LogP contribution in [-0.2, 0) is 16.1 Å². The minimum absolute atomic E-state index is 0.00547. The van der Waals surface area contributed by atoms with E-state index in [4.69, 9.17) is 10.5 Å². The monoisotopic (exact) mass is 528 g/mol. The molecular weight excluding hydrogens is 496 g/mol. The second-order valence-corrected chi connectivity index (χ2v) is 9.49. The maximum atomic E-state index is 12.4. The van der Waals surface area contributed by atoms with Gasteiger partial charge in [-0.2, -0.15) is 0 Å². The molecule has 3 atom stereocenters. The van der Waals surface area contributed by atoms with Crippen molar-refractivity contribution in [2.75, 3.05) is 17.3 Å². The number of amides is 2. The molecule has 2 amide bonds. The summed E-state index contributed by atoms with van der Waals surface area (Å²) in [5.74, 6) is -0.448. The van der Waals surface area contributed by atoms with Crippen molar-refractivity contribution in [1.82, 2.24) is 15.3 Å². The summed E-state index contributed by atoms with van der Waals surface area (Å²) in [6.07, 6.45) is 4.47. The number of carbonyl (C=O) groups is 3. The summed E-state index contributed by atoms with van der Waals surface area (Å²) in [6.45, 7) is 5.78. The largest absolute Gasteiger partial charge is 0.457 e. The average Bonchev–Trinajstić information content (AvgIpc) is 3.31. The molecule has 1 heterocycles. The normalized spacial score (nSPS) is 18.2. The summed E-state index contributed by atoms with van der Waals surface area (Å²) >= 11 is 0. The van der Waals surface area contributed by atoms with Gasteiger partial charge in [0.1, 0.15) is 12.4 Å². The Morgan fingerprint density at radius 3 is 2.51 bits per heavy atom. The Morgan fingerprint density at radius 1 is 1.13 bits per heavy atom. The molecule has 2 aromatic carbocycles. The number of primary amides is 1. The third-order valence-corrected chi connectivity index (χ3v) is 6.98. The molecule has 0 saturated heterocycles. The fourth-order valence-electron chi connectivity index (χ4n) is 4.76. The van der Waals surface area contributed by atoms with Gasteiger partial charge in [0.2, 0.25) is 5.91 Å². The van der Waals surface area contributed by atoms with E-state index in [1.54, 1.807) is 24.3 Å². The van der Waals surface area contributed by atoms with Gasteiger partial charge in [-0.3, -0.25) is 9.59 Å². The Labute approximate surface area is 227 Å². The van der Waals surface area contributed by atoms with Crippen molar-refractivity contribution in [2.24, 2.45) is 11.7 Å². The number of rotatable bonds is 10. The first kappa shape index (κ1) is 27.3. The van der Waals surface area contributed by atoms with Gasteiger partial charge in [0.25, 0.3) is 5.91 Å². The number of anilines is 3. The summed E-state index contributed by atoms with van der Waals surface area (Å²) in [5, 5.41) is 6.08. The zero-order valence-corrected chi connectivity index (χ0v) is 22.0. The lowest BCUT2D eigenvalue weighted by Gasteiger charge is -2.30. The molecular formula is C29H32N6O4. The second-order valence-electron chi connectivity index (χ2n) is 9.49. The van der Waals surface area contributed by atoms with Crippen molar-refractivity contribution < 1.29 is 19.1 Å². The first-order valence-electron chi connectivity index (χ1n) is 12.7. The van der Waals surface area contributed by atoms with Crippen molar-refractivity contribution in [3.05, 3.63) is 90.3 Å². The molecule has 10 nitrogen and oxygen atoms in total. The van der Waals surface area contributed by atoms with Gasteiger partial charge in [0.15, 0.2) is 11.5 Å². The Balaban J connectivity index is 1.46. The molecule has 1 aromatic heterocycles. The van der Waals surface area contributed by atoms with E-state index in [-0.39, 0.29) is 42.0 Å². The van der Waals surface area contributed by atoms with Crippen molar-refractivity contribution in [3.8, 4) is 0 Å². The topological polar surface area (TPSA) is 140 Å².